The van der Waals surface area contributed by atoms with E-state index < -0.39 is 0 Å². The van der Waals surface area contributed by atoms with Crippen molar-refractivity contribution >= 4 is 16.8 Å². The lowest BCUT2D eigenvalue weighted by molar-refractivity contribution is -0.126. The summed E-state index contributed by atoms with van der Waals surface area (Å²) in [6, 6.07) is 17.5. The first-order valence-electron chi connectivity index (χ1n) is 13.7. The third kappa shape index (κ3) is 6.34. The highest BCUT2D eigenvalue weighted by Crippen LogP contribution is 2.25. The van der Waals surface area contributed by atoms with Crippen molar-refractivity contribution in [2.45, 2.75) is 51.6 Å². The fraction of sp³-hybridized carbons (Fsp3) is 0.500. The molecule has 0 bridgehead atoms. The van der Waals surface area contributed by atoms with Crippen molar-refractivity contribution in [3.63, 3.8) is 0 Å². The molecule has 2 fully saturated rings. The standard InChI is InChI=1S/C30H39FN4O/c31-27-10-6-8-24(20-27)22-35-28(21-26-9-2-3-11-29(26)35)23-34-18-12-25(13-19-34)30(36)32-14-7-17-33-15-4-1-5-16-33/h2-3,6,8-11,20-21,25H,1,4-5,7,12-19,22-23H2,(H,32,36). The number of fused-ring (bicyclic) bond motifs is 1. The molecular formula is C30H39FN4O. The normalized spacial score (nSPS) is 18.0. The monoisotopic (exact) mass is 490 g/mol. The summed E-state index contributed by atoms with van der Waals surface area (Å²) in [4.78, 5) is 17.7. The number of likely N-dealkylation sites (tertiary alicyclic amines) is 2. The summed E-state index contributed by atoms with van der Waals surface area (Å²) < 4.78 is 16.1. The highest BCUT2D eigenvalue weighted by Gasteiger charge is 2.25. The molecule has 2 aromatic carbocycles. The summed E-state index contributed by atoms with van der Waals surface area (Å²) in [6.45, 7) is 7.66. The third-order valence-corrected chi connectivity index (χ3v) is 7.87. The first-order valence-corrected chi connectivity index (χ1v) is 13.7. The number of piperidine rings is 2. The molecule has 192 valence electrons. The molecule has 1 N–H and O–H groups in total. The van der Waals surface area contributed by atoms with E-state index in [1.54, 1.807) is 12.1 Å². The highest BCUT2D eigenvalue weighted by atomic mass is 19.1. The fourth-order valence-electron chi connectivity index (χ4n) is 5.83. The summed E-state index contributed by atoms with van der Waals surface area (Å²) in [5, 5.41) is 4.41. The molecule has 0 aliphatic carbocycles. The predicted molar refractivity (Wildman–Crippen MR) is 143 cm³/mol. The van der Waals surface area contributed by atoms with Gasteiger partial charge in [-0.05, 0) is 100 Å². The maximum atomic E-state index is 13.8. The topological polar surface area (TPSA) is 40.5 Å². The molecule has 0 unspecified atom stereocenters. The Kier molecular flexibility index (Phi) is 8.34. The number of aromatic nitrogens is 1. The van der Waals surface area contributed by atoms with Crippen LogP contribution in [0.4, 0.5) is 4.39 Å². The van der Waals surface area contributed by atoms with E-state index in [1.165, 1.54) is 55.0 Å². The lowest BCUT2D eigenvalue weighted by Gasteiger charge is -2.31. The van der Waals surface area contributed by atoms with Gasteiger partial charge in [0.1, 0.15) is 5.82 Å². The number of nitrogens with one attached hydrogen (secondary N) is 1. The van der Waals surface area contributed by atoms with Gasteiger partial charge in [0, 0.05) is 36.8 Å². The van der Waals surface area contributed by atoms with Gasteiger partial charge in [0.15, 0.2) is 0 Å². The molecule has 36 heavy (non-hydrogen) atoms. The van der Waals surface area contributed by atoms with Crippen molar-refractivity contribution in [2.75, 3.05) is 39.3 Å². The van der Waals surface area contributed by atoms with Crippen LogP contribution in [0.15, 0.2) is 54.6 Å². The summed E-state index contributed by atoms with van der Waals surface area (Å²) in [5.74, 6) is 0.153. The zero-order chi connectivity index (χ0) is 24.7. The molecule has 1 amide bonds. The van der Waals surface area contributed by atoms with Gasteiger partial charge < -0.3 is 14.8 Å². The van der Waals surface area contributed by atoms with Gasteiger partial charge in [0.05, 0.1) is 0 Å². The quantitative estimate of drug-likeness (QED) is 0.428. The van der Waals surface area contributed by atoms with Crippen LogP contribution in [0, 0.1) is 11.7 Å². The Labute approximate surface area is 214 Å². The maximum absolute atomic E-state index is 13.8. The lowest BCUT2D eigenvalue weighted by Crippen LogP contribution is -2.41. The van der Waals surface area contributed by atoms with Crippen molar-refractivity contribution in [1.82, 2.24) is 19.7 Å². The second kappa shape index (κ2) is 12.0. The lowest BCUT2D eigenvalue weighted by atomic mass is 9.95. The van der Waals surface area contributed by atoms with Gasteiger partial charge in [-0.3, -0.25) is 9.69 Å². The Morgan fingerprint density at radius 2 is 1.69 bits per heavy atom. The molecule has 5 rings (SSSR count). The van der Waals surface area contributed by atoms with Crippen LogP contribution < -0.4 is 5.32 Å². The first kappa shape index (κ1) is 25.0. The molecule has 2 aliphatic heterocycles. The second-order valence-electron chi connectivity index (χ2n) is 10.5. The largest absolute Gasteiger partial charge is 0.356 e. The van der Waals surface area contributed by atoms with Crippen LogP contribution >= 0.6 is 0 Å². The molecule has 5 nitrogen and oxygen atoms in total. The third-order valence-electron chi connectivity index (χ3n) is 7.87. The number of hydrogen-bond donors (Lipinski definition) is 1. The molecular weight excluding hydrogens is 451 g/mol. The second-order valence-corrected chi connectivity index (χ2v) is 10.5. The van der Waals surface area contributed by atoms with E-state index in [9.17, 15) is 9.18 Å². The number of para-hydroxylation sites is 1. The number of rotatable bonds is 9. The van der Waals surface area contributed by atoms with Gasteiger partial charge in [-0.15, -0.1) is 0 Å². The van der Waals surface area contributed by atoms with E-state index in [0.29, 0.717) is 6.54 Å². The molecule has 2 aliphatic rings. The molecule has 0 radical (unpaired) electrons. The van der Waals surface area contributed by atoms with Gasteiger partial charge in [-0.1, -0.05) is 36.8 Å². The molecule has 3 aromatic rings. The average molecular weight is 491 g/mol. The molecule has 6 heteroatoms. The smallest absolute Gasteiger partial charge is 0.223 e. The molecule has 2 saturated heterocycles. The van der Waals surface area contributed by atoms with E-state index in [4.69, 9.17) is 0 Å². The van der Waals surface area contributed by atoms with Gasteiger partial charge >= 0.3 is 0 Å². The zero-order valence-electron chi connectivity index (χ0n) is 21.3. The summed E-state index contributed by atoms with van der Waals surface area (Å²) >= 11 is 0. The molecule has 0 spiro atoms. The number of amides is 1. The van der Waals surface area contributed by atoms with Crippen LogP contribution in [0.5, 0.6) is 0 Å². The van der Waals surface area contributed by atoms with E-state index in [1.807, 2.05) is 6.07 Å². The maximum Gasteiger partial charge on any atom is 0.223 e. The summed E-state index contributed by atoms with van der Waals surface area (Å²) in [6.07, 6.45) is 6.85. The van der Waals surface area contributed by atoms with Crippen LogP contribution in [0.25, 0.3) is 10.9 Å². The fourth-order valence-corrected chi connectivity index (χ4v) is 5.83. The van der Waals surface area contributed by atoms with Crippen LogP contribution in [0.3, 0.4) is 0 Å². The Morgan fingerprint density at radius 1 is 0.889 bits per heavy atom. The van der Waals surface area contributed by atoms with Crippen LogP contribution in [0.2, 0.25) is 0 Å². The van der Waals surface area contributed by atoms with Crippen LogP contribution in [-0.4, -0.2) is 59.5 Å². The van der Waals surface area contributed by atoms with Crippen LogP contribution in [0.1, 0.15) is 49.8 Å². The van der Waals surface area contributed by atoms with E-state index in [-0.39, 0.29) is 17.6 Å². The number of carbonyl (C=O) groups excluding carboxylic acids is 1. The van der Waals surface area contributed by atoms with Crippen molar-refractivity contribution in [2.24, 2.45) is 5.92 Å². The van der Waals surface area contributed by atoms with Crippen molar-refractivity contribution in [1.29, 1.82) is 0 Å². The van der Waals surface area contributed by atoms with E-state index in [2.05, 4.69) is 50.0 Å². The predicted octanol–water partition coefficient (Wildman–Crippen LogP) is 5.03. The minimum atomic E-state index is -0.197. The first-order chi connectivity index (χ1) is 17.7. The van der Waals surface area contributed by atoms with Gasteiger partial charge in [-0.25, -0.2) is 4.39 Å². The van der Waals surface area contributed by atoms with Crippen molar-refractivity contribution in [3.05, 3.63) is 71.7 Å². The van der Waals surface area contributed by atoms with Gasteiger partial charge in [-0.2, -0.15) is 0 Å². The Bertz CT molecular complexity index is 1140. The van der Waals surface area contributed by atoms with Gasteiger partial charge in [0.2, 0.25) is 5.91 Å². The molecule has 0 saturated carbocycles. The number of carbonyl (C=O) groups is 1. The summed E-state index contributed by atoms with van der Waals surface area (Å²) in [7, 11) is 0. The highest BCUT2D eigenvalue weighted by molar-refractivity contribution is 5.81. The zero-order valence-corrected chi connectivity index (χ0v) is 21.3. The van der Waals surface area contributed by atoms with E-state index in [0.717, 1.165) is 57.5 Å². The SMILES string of the molecule is O=C(NCCCN1CCCCC1)C1CCN(Cc2cc3ccccc3n2Cc2cccc(F)c2)CC1. The number of hydrogen-bond acceptors (Lipinski definition) is 3. The minimum absolute atomic E-state index is 0.120. The van der Waals surface area contributed by atoms with Gasteiger partial charge in [0.25, 0.3) is 0 Å². The number of benzene rings is 2. The minimum Gasteiger partial charge on any atom is -0.356 e. The summed E-state index contributed by atoms with van der Waals surface area (Å²) in [5.41, 5.74) is 3.38. The average Bonchev–Trinajstić information content (AvgIpc) is 3.24. The number of halogens is 1. The molecule has 1 aromatic heterocycles. The molecule has 0 atom stereocenters. The molecule has 3 heterocycles. The Morgan fingerprint density at radius 3 is 2.50 bits per heavy atom. The van der Waals surface area contributed by atoms with Crippen LogP contribution in [-0.2, 0) is 17.9 Å². The Hall–Kier alpha value is -2.70. The van der Waals surface area contributed by atoms with Crippen molar-refractivity contribution < 1.29 is 9.18 Å². The van der Waals surface area contributed by atoms with Crippen molar-refractivity contribution in [3.8, 4) is 0 Å². The Balaban J connectivity index is 1.14. The number of nitrogens with zero attached hydrogens (tertiary/aromatic N) is 3. The van der Waals surface area contributed by atoms with E-state index >= 15 is 0 Å².